The zero-order valence-electron chi connectivity index (χ0n) is 16.2. The molecule has 0 fully saturated rings. The van der Waals surface area contributed by atoms with Crippen LogP contribution in [-0.2, 0) is 9.59 Å². The molecular formula is C20H20N4O5. The van der Waals surface area contributed by atoms with Gasteiger partial charge in [-0.25, -0.2) is 4.98 Å². The van der Waals surface area contributed by atoms with E-state index in [0.29, 0.717) is 28.9 Å². The van der Waals surface area contributed by atoms with Gasteiger partial charge >= 0.3 is 0 Å². The molecule has 1 aliphatic rings. The Morgan fingerprint density at radius 3 is 2.48 bits per heavy atom. The van der Waals surface area contributed by atoms with Crippen molar-refractivity contribution in [2.24, 2.45) is 0 Å². The van der Waals surface area contributed by atoms with Crippen molar-refractivity contribution in [3.63, 3.8) is 0 Å². The maximum Gasteiger partial charge on any atom is 0.250 e. The highest BCUT2D eigenvalue weighted by atomic mass is 16.5. The smallest absolute Gasteiger partial charge is 0.250 e. The average Bonchev–Trinajstić information content (AvgIpc) is 3.22. The number of anilines is 2. The van der Waals surface area contributed by atoms with Gasteiger partial charge in [0, 0.05) is 17.8 Å². The lowest BCUT2D eigenvalue weighted by Gasteiger charge is -2.15. The Hall–Kier alpha value is -3.75. The van der Waals surface area contributed by atoms with Gasteiger partial charge in [-0.2, -0.15) is 0 Å². The molecule has 2 heterocycles. The highest BCUT2D eigenvalue weighted by molar-refractivity contribution is 6.03. The van der Waals surface area contributed by atoms with E-state index in [1.165, 1.54) is 21.3 Å². The fourth-order valence-corrected chi connectivity index (χ4v) is 3.48. The van der Waals surface area contributed by atoms with Crippen molar-refractivity contribution in [1.82, 2.24) is 9.55 Å². The number of para-hydroxylation sites is 2. The number of rotatable bonds is 6. The summed E-state index contributed by atoms with van der Waals surface area (Å²) in [6, 6.07) is 10.1. The van der Waals surface area contributed by atoms with Crippen LogP contribution in [0.3, 0.4) is 0 Å². The second kappa shape index (κ2) is 7.34. The van der Waals surface area contributed by atoms with Crippen LogP contribution >= 0.6 is 0 Å². The minimum Gasteiger partial charge on any atom is -0.493 e. The summed E-state index contributed by atoms with van der Waals surface area (Å²) in [6.07, 6.45) is -0.0458. The van der Waals surface area contributed by atoms with Gasteiger partial charge in [-0.3, -0.25) is 19.5 Å². The summed E-state index contributed by atoms with van der Waals surface area (Å²) in [7, 11) is 4.50. The number of hydrogen-bond acceptors (Lipinski definition) is 6. The van der Waals surface area contributed by atoms with Crippen LogP contribution in [0.5, 0.6) is 17.2 Å². The van der Waals surface area contributed by atoms with Gasteiger partial charge in [0.2, 0.25) is 23.5 Å². The number of benzene rings is 2. The molecule has 0 radical (unpaired) electrons. The van der Waals surface area contributed by atoms with E-state index in [1.807, 2.05) is 24.3 Å². The van der Waals surface area contributed by atoms with Crippen LogP contribution < -0.4 is 24.8 Å². The van der Waals surface area contributed by atoms with E-state index >= 15 is 0 Å². The molecule has 1 aliphatic heterocycles. The highest BCUT2D eigenvalue weighted by Gasteiger charge is 2.34. The molecule has 9 nitrogen and oxygen atoms in total. The predicted octanol–water partition coefficient (Wildman–Crippen LogP) is 2.58. The van der Waals surface area contributed by atoms with E-state index in [-0.39, 0.29) is 18.2 Å². The number of ether oxygens (including phenoxy) is 3. The van der Waals surface area contributed by atoms with Crippen LogP contribution in [0.4, 0.5) is 11.6 Å². The van der Waals surface area contributed by atoms with Crippen molar-refractivity contribution in [2.75, 3.05) is 32.0 Å². The van der Waals surface area contributed by atoms with Crippen molar-refractivity contribution in [2.45, 2.75) is 12.5 Å². The SMILES string of the molecule is COc1cc(NC(=O)C[C@@H]2C(=O)Nc3nc4ccccc4n32)cc(OC)c1OC. The van der Waals surface area contributed by atoms with Gasteiger partial charge < -0.3 is 19.5 Å². The van der Waals surface area contributed by atoms with E-state index in [1.54, 1.807) is 16.7 Å². The number of methoxy groups -OCH3 is 3. The van der Waals surface area contributed by atoms with Crippen molar-refractivity contribution in [1.29, 1.82) is 0 Å². The summed E-state index contributed by atoms with van der Waals surface area (Å²) < 4.78 is 17.6. The lowest BCUT2D eigenvalue weighted by molar-refractivity contribution is -0.123. The van der Waals surface area contributed by atoms with Crippen LogP contribution in [0.25, 0.3) is 11.0 Å². The molecule has 150 valence electrons. The van der Waals surface area contributed by atoms with Gasteiger partial charge in [0.25, 0.3) is 0 Å². The van der Waals surface area contributed by atoms with E-state index in [2.05, 4.69) is 15.6 Å². The van der Waals surface area contributed by atoms with Crippen LogP contribution in [0, 0.1) is 0 Å². The normalized spacial score (nSPS) is 15.0. The Labute approximate surface area is 166 Å². The molecule has 0 aliphatic carbocycles. The van der Waals surface area contributed by atoms with Gasteiger partial charge in [-0.05, 0) is 12.1 Å². The topological polar surface area (TPSA) is 104 Å². The zero-order chi connectivity index (χ0) is 20.5. The Kier molecular flexibility index (Phi) is 4.71. The second-order valence-corrected chi connectivity index (χ2v) is 6.47. The molecule has 2 N–H and O–H groups in total. The molecule has 2 amide bonds. The number of hydrogen-bond donors (Lipinski definition) is 2. The second-order valence-electron chi connectivity index (χ2n) is 6.47. The van der Waals surface area contributed by atoms with E-state index < -0.39 is 6.04 Å². The van der Waals surface area contributed by atoms with E-state index in [0.717, 1.165) is 11.0 Å². The average molecular weight is 396 g/mol. The van der Waals surface area contributed by atoms with Crippen LogP contribution in [0.2, 0.25) is 0 Å². The molecule has 9 heteroatoms. The van der Waals surface area contributed by atoms with Crippen molar-refractivity contribution < 1.29 is 23.8 Å². The number of nitrogens with zero attached hydrogens (tertiary/aromatic N) is 2. The van der Waals surface area contributed by atoms with Crippen LogP contribution in [0.1, 0.15) is 12.5 Å². The van der Waals surface area contributed by atoms with Gasteiger partial charge in [0.05, 0.1) is 38.8 Å². The first-order valence-electron chi connectivity index (χ1n) is 8.93. The van der Waals surface area contributed by atoms with Gasteiger partial charge in [0.1, 0.15) is 6.04 Å². The lowest BCUT2D eigenvalue weighted by atomic mass is 10.1. The quantitative estimate of drug-likeness (QED) is 0.664. The summed E-state index contributed by atoms with van der Waals surface area (Å²) >= 11 is 0. The highest BCUT2D eigenvalue weighted by Crippen LogP contribution is 2.40. The van der Waals surface area contributed by atoms with E-state index in [4.69, 9.17) is 14.2 Å². The third-order valence-electron chi connectivity index (χ3n) is 4.77. The minimum atomic E-state index is -0.681. The lowest BCUT2D eigenvalue weighted by Crippen LogP contribution is -2.23. The fourth-order valence-electron chi connectivity index (χ4n) is 3.48. The van der Waals surface area contributed by atoms with Crippen LogP contribution in [-0.4, -0.2) is 42.7 Å². The Balaban J connectivity index is 1.58. The summed E-state index contributed by atoms with van der Waals surface area (Å²) in [5.41, 5.74) is 2.03. The van der Waals surface area contributed by atoms with Crippen molar-refractivity contribution in [3.05, 3.63) is 36.4 Å². The predicted molar refractivity (Wildman–Crippen MR) is 107 cm³/mol. The van der Waals surface area contributed by atoms with Gasteiger partial charge in [-0.15, -0.1) is 0 Å². The molecule has 0 bridgehead atoms. The molecule has 1 aromatic heterocycles. The maximum atomic E-state index is 12.7. The first kappa shape index (κ1) is 18.6. The number of nitrogens with one attached hydrogen (secondary N) is 2. The molecule has 3 aromatic rings. The maximum absolute atomic E-state index is 12.7. The Bertz CT molecular complexity index is 1080. The third-order valence-corrected chi connectivity index (χ3v) is 4.77. The third kappa shape index (κ3) is 3.20. The summed E-state index contributed by atoms with van der Waals surface area (Å²) in [5, 5.41) is 5.53. The van der Waals surface area contributed by atoms with Gasteiger partial charge in [-0.1, -0.05) is 12.1 Å². The number of imidazole rings is 1. The summed E-state index contributed by atoms with van der Waals surface area (Å²) in [5.74, 6) is 1.12. The molecule has 0 saturated heterocycles. The van der Waals surface area contributed by atoms with Crippen molar-refractivity contribution in [3.8, 4) is 17.2 Å². The zero-order valence-corrected chi connectivity index (χ0v) is 16.2. The molecule has 0 spiro atoms. The number of carbonyl (C=O) groups excluding carboxylic acids is 2. The van der Waals surface area contributed by atoms with Crippen molar-refractivity contribution >= 4 is 34.5 Å². The first-order valence-corrected chi connectivity index (χ1v) is 8.93. The number of carbonyl (C=O) groups is 2. The molecular weight excluding hydrogens is 376 g/mol. The summed E-state index contributed by atoms with van der Waals surface area (Å²) in [6.45, 7) is 0. The first-order chi connectivity index (χ1) is 14.0. The molecule has 2 aromatic carbocycles. The molecule has 0 saturated carbocycles. The van der Waals surface area contributed by atoms with Gasteiger partial charge in [0.15, 0.2) is 11.5 Å². The monoisotopic (exact) mass is 396 g/mol. The van der Waals surface area contributed by atoms with Crippen LogP contribution in [0.15, 0.2) is 36.4 Å². The number of fused-ring (bicyclic) bond motifs is 3. The minimum absolute atomic E-state index is 0.0458. The van der Waals surface area contributed by atoms with E-state index in [9.17, 15) is 9.59 Å². The molecule has 1 atom stereocenters. The largest absolute Gasteiger partial charge is 0.493 e. The molecule has 4 rings (SSSR count). The molecule has 29 heavy (non-hydrogen) atoms. The Morgan fingerprint density at radius 1 is 1.14 bits per heavy atom. The standard InChI is InChI=1S/C20H20N4O5/c1-27-15-8-11(9-16(28-2)18(15)29-3)21-17(25)10-14-19(26)23-20-22-12-6-4-5-7-13(12)24(14)20/h4-9,14H,10H2,1-3H3,(H,21,25)(H,22,23,26)/t14-/m1/s1. The molecule has 0 unspecified atom stereocenters. The summed E-state index contributed by atoms with van der Waals surface area (Å²) in [4.78, 5) is 29.5. The Morgan fingerprint density at radius 2 is 1.83 bits per heavy atom. The number of amides is 2. The fraction of sp³-hybridized carbons (Fsp3) is 0.250. The number of aromatic nitrogens is 2.